The van der Waals surface area contributed by atoms with E-state index in [1.807, 2.05) is 32.9 Å². The van der Waals surface area contributed by atoms with E-state index in [1.54, 1.807) is 0 Å². The van der Waals surface area contributed by atoms with Gasteiger partial charge in [-0.15, -0.1) is 0 Å². The summed E-state index contributed by atoms with van der Waals surface area (Å²) in [6.07, 6.45) is 10.1. The Morgan fingerprint density at radius 2 is 1.65 bits per heavy atom. The summed E-state index contributed by atoms with van der Waals surface area (Å²) in [7, 11) is 1.47. The van der Waals surface area contributed by atoms with Crippen molar-refractivity contribution in [3.8, 4) is 0 Å². The second-order valence-electron chi connectivity index (χ2n) is 14.8. The number of allylic oxidation sites excluding steroid dienone is 4. The maximum atomic E-state index is 14.3. The first-order chi connectivity index (χ1) is 17.0. The Morgan fingerprint density at radius 1 is 1.00 bits per heavy atom. The summed E-state index contributed by atoms with van der Waals surface area (Å²) in [5.41, 5.74) is -0.830. The van der Waals surface area contributed by atoms with Gasteiger partial charge in [0.1, 0.15) is 0 Å². The summed E-state index contributed by atoms with van der Waals surface area (Å²) < 4.78 is 5.23. The van der Waals surface area contributed by atoms with E-state index in [0.29, 0.717) is 6.42 Å². The SMILES string of the molecule is [C-]#[N+]C1=C[C@]2(C)C3=CC(=O)[C@@H]4[C@@H]5C[C@@](C)(C(=O)OC)CC[C@]5(C)CC[C@@]4(C)[C@]3(C)CCC2C(C)(C)C1=O. The molecule has 0 radical (unpaired) electrons. The van der Waals surface area contributed by atoms with E-state index in [-0.39, 0.29) is 57.2 Å². The first-order valence-corrected chi connectivity index (χ1v) is 14.0. The van der Waals surface area contributed by atoms with Crippen molar-refractivity contribution in [3.05, 3.63) is 34.8 Å². The molecular formula is C32H43NO4. The Hall–Kier alpha value is -2.22. The molecule has 1 unspecified atom stereocenters. The van der Waals surface area contributed by atoms with Crippen LogP contribution in [0.15, 0.2) is 23.4 Å². The lowest BCUT2D eigenvalue weighted by molar-refractivity contribution is -0.179. The fourth-order valence-electron chi connectivity index (χ4n) is 10.1. The van der Waals surface area contributed by atoms with Gasteiger partial charge >= 0.3 is 5.97 Å². The average Bonchev–Trinajstić information content (AvgIpc) is 2.83. The molecule has 5 aliphatic rings. The molecule has 3 fully saturated rings. The standard InChI is InChI=1S/C32H43NO4/c1-27(2)22-10-11-31(6)23(30(22,5)18-20(33-8)25(27)35)16-21(34)24-19-17-29(4,26(36)37-9)13-12-28(19,3)14-15-32(24,31)7/h16,18-19,22,24H,10-15,17H2,1-7,9H3/t19-,22?,24-,28+,29-,30-,31+,32+/m0/s1. The van der Waals surface area contributed by atoms with Crippen LogP contribution in [-0.2, 0) is 19.1 Å². The Kier molecular flexibility index (Phi) is 5.47. The summed E-state index contributed by atoms with van der Waals surface area (Å²) in [5.74, 6) is -0.0298. The van der Waals surface area contributed by atoms with Gasteiger partial charge in [0.25, 0.3) is 0 Å². The number of carbonyl (C=O) groups is 3. The zero-order valence-electron chi connectivity index (χ0n) is 23.9. The van der Waals surface area contributed by atoms with Crippen LogP contribution in [0.2, 0.25) is 0 Å². The van der Waals surface area contributed by atoms with Gasteiger partial charge in [-0.25, -0.2) is 4.85 Å². The van der Waals surface area contributed by atoms with Gasteiger partial charge in [0.05, 0.1) is 19.1 Å². The van der Waals surface area contributed by atoms with E-state index < -0.39 is 16.2 Å². The molecule has 0 bridgehead atoms. The van der Waals surface area contributed by atoms with Crippen molar-refractivity contribution in [1.82, 2.24) is 0 Å². The van der Waals surface area contributed by atoms with Crippen molar-refractivity contribution in [2.24, 2.45) is 50.2 Å². The van der Waals surface area contributed by atoms with Crippen molar-refractivity contribution in [3.63, 3.8) is 0 Å². The van der Waals surface area contributed by atoms with Crippen LogP contribution < -0.4 is 0 Å². The number of hydrogen-bond donors (Lipinski definition) is 0. The van der Waals surface area contributed by atoms with Crippen LogP contribution in [0.4, 0.5) is 0 Å². The molecule has 5 nitrogen and oxygen atoms in total. The quantitative estimate of drug-likeness (QED) is 0.293. The number of carbonyl (C=O) groups excluding carboxylic acids is 3. The minimum atomic E-state index is -0.650. The minimum Gasteiger partial charge on any atom is -0.469 e. The van der Waals surface area contributed by atoms with Crippen LogP contribution in [0.25, 0.3) is 4.85 Å². The third-order valence-corrected chi connectivity index (χ3v) is 12.7. The lowest BCUT2D eigenvalue weighted by Crippen LogP contribution is -2.64. The molecule has 0 aromatic carbocycles. The topological polar surface area (TPSA) is 64.8 Å². The number of esters is 1. The van der Waals surface area contributed by atoms with E-state index in [4.69, 9.17) is 11.3 Å². The smallest absolute Gasteiger partial charge is 0.311 e. The van der Waals surface area contributed by atoms with Crippen molar-refractivity contribution in [2.75, 3.05) is 7.11 Å². The number of rotatable bonds is 1. The summed E-state index contributed by atoms with van der Waals surface area (Å²) >= 11 is 0. The van der Waals surface area contributed by atoms with Gasteiger partial charge in [0.15, 0.2) is 11.6 Å². The molecular weight excluding hydrogens is 462 g/mol. The first kappa shape index (κ1) is 26.4. The maximum Gasteiger partial charge on any atom is 0.311 e. The highest BCUT2D eigenvalue weighted by atomic mass is 16.5. The zero-order valence-corrected chi connectivity index (χ0v) is 23.9. The molecule has 0 spiro atoms. The van der Waals surface area contributed by atoms with E-state index >= 15 is 0 Å². The van der Waals surface area contributed by atoms with E-state index in [9.17, 15) is 14.4 Å². The van der Waals surface area contributed by atoms with E-state index in [2.05, 4.69) is 32.5 Å². The van der Waals surface area contributed by atoms with Gasteiger partial charge < -0.3 is 9.53 Å². The molecule has 0 N–H and O–H groups in total. The summed E-state index contributed by atoms with van der Waals surface area (Å²) in [4.78, 5) is 44.0. The van der Waals surface area contributed by atoms with E-state index in [1.165, 1.54) is 7.11 Å². The molecule has 0 heterocycles. The number of fused-ring (bicyclic) bond motifs is 7. The summed E-state index contributed by atoms with van der Waals surface area (Å²) in [5, 5.41) is 0. The minimum absolute atomic E-state index is 0.0343. The second-order valence-corrected chi connectivity index (χ2v) is 14.8. The van der Waals surface area contributed by atoms with Crippen molar-refractivity contribution in [1.29, 1.82) is 0 Å². The fraction of sp³-hybridized carbons (Fsp3) is 0.750. The molecule has 5 aliphatic carbocycles. The summed E-state index contributed by atoms with van der Waals surface area (Å²) in [6, 6.07) is 0. The molecule has 200 valence electrons. The number of hydrogen-bond acceptors (Lipinski definition) is 4. The molecule has 8 atom stereocenters. The Morgan fingerprint density at radius 3 is 2.27 bits per heavy atom. The van der Waals surface area contributed by atoms with Crippen LogP contribution in [-0.4, -0.2) is 24.6 Å². The van der Waals surface area contributed by atoms with Crippen LogP contribution in [0.1, 0.15) is 93.4 Å². The fourth-order valence-corrected chi connectivity index (χ4v) is 10.1. The van der Waals surface area contributed by atoms with Crippen LogP contribution in [0.5, 0.6) is 0 Å². The third kappa shape index (κ3) is 3.11. The lowest BCUT2D eigenvalue weighted by atomic mass is 9.34. The Balaban J connectivity index is 1.67. The predicted octanol–water partition coefficient (Wildman–Crippen LogP) is 6.73. The highest BCUT2D eigenvalue weighted by molar-refractivity contribution is 6.03. The maximum absolute atomic E-state index is 14.3. The van der Waals surface area contributed by atoms with Crippen molar-refractivity contribution in [2.45, 2.75) is 93.4 Å². The molecule has 3 saturated carbocycles. The largest absolute Gasteiger partial charge is 0.469 e. The molecule has 0 aromatic heterocycles. The van der Waals surface area contributed by atoms with Crippen LogP contribution >= 0.6 is 0 Å². The molecule has 5 heteroatoms. The van der Waals surface area contributed by atoms with Crippen molar-refractivity contribution >= 4 is 17.5 Å². The normalized spacial score (nSPS) is 48.2. The van der Waals surface area contributed by atoms with Gasteiger partial charge in [-0.3, -0.25) is 9.59 Å². The van der Waals surface area contributed by atoms with Gasteiger partial charge in [-0.1, -0.05) is 53.2 Å². The first-order valence-electron chi connectivity index (χ1n) is 14.0. The van der Waals surface area contributed by atoms with Gasteiger partial charge in [-0.2, -0.15) is 0 Å². The number of ketones is 2. The van der Waals surface area contributed by atoms with Gasteiger partial charge in [0.2, 0.25) is 5.70 Å². The number of Topliss-reactive ketones (excluding diaryl/α,β-unsaturated/α-hetero) is 1. The van der Waals surface area contributed by atoms with Crippen LogP contribution in [0, 0.1) is 56.8 Å². The molecule has 0 amide bonds. The van der Waals surface area contributed by atoms with Gasteiger partial charge in [-0.05, 0) is 86.0 Å². The number of methoxy groups -OCH3 is 1. The van der Waals surface area contributed by atoms with Crippen LogP contribution in [0.3, 0.4) is 0 Å². The Bertz CT molecular complexity index is 1200. The molecule has 0 saturated heterocycles. The summed E-state index contributed by atoms with van der Waals surface area (Å²) in [6.45, 7) is 22.9. The average molecular weight is 506 g/mol. The molecule has 37 heavy (non-hydrogen) atoms. The predicted molar refractivity (Wildman–Crippen MR) is 142 cm³/mol. The molecule has 0 aliphatic heterocycles. The second kappa shape index (κ2) is 7.67. The number of ether oxygens (including phenoxy) is 1. The molecule has 5 rings (SSSR count). The third-order valence-electron chi connectivity index (χ3n) is 12.7. The number of nitrogens with zero attached hydrogens (tertiary/aromatic N) is 1. The van der Waals surface area contributed by atoms with E-state index in [0.717, 1.165) is 44.1 Å². The van der Waals surface area contributed by atoms with Gasteiger partial charge in [0, 0.05) is 16.7 Å². The lowest BCUT2D eigenvalue weighted by Gasteiger charge is -2.69. The Labute approximate surface area is 222 Å². The zero-order chi connectivity index (χ0) is 27.4. The monoisotopic (exact) mass is 505 g/mol. The highest BCUT2D eigenvalue weighted by Crippen LogP contribution is 2.74. The molecule has 0 aromatic rings. The van der Waals surface area contributed by atoms with Crippen molar-refractivity contribution < 1.29 is 19.1 Å². The highest BCUT2D eigenvalue weighted by Gasteiger charge is 2.69.